The van der Waals surface area contributed by atoms with Crippen LogP contribution in [0.25, 0.3) is 0 Å². The predicted octanol–water partition coefficient (Wildman–Crippen LogP) is -0.190. The smallest absolute Gasteiger partial charge is 0.232 e. The maximum atomic E-state index is 11.7. The van der Waals surface area contributed by atoms with Gasteiger partial charge in [-0.25, -0.2) is 0 Å². The lowest BCUT2D eigenvalue weighted by molar-refractivity contribution is -0.142. The summed E-state index contributed by atoms with van der Waals surface area (Å²) in [4.78, 5) is 49.0. The second-order valence-corrected chi connectivity index (χ2v) is 6.20. The van der Waals surface area contributed by atoms with E-state index in [2.05, 4.69) is 0 Å². The number of amides is 4. The molecule has 2 atom stereocenters. The molecule has 0 bridgehead atoms. The molecule has 4 amide bonds. The lowest BCUT2D eigenvalue weighted by Crippen LogP contribution is -2.34. The van der Waals surface area contributed by atoms with Crippen LogP contribution in [0.4, 0.5) is 0 Å². The Labute approximate surface area is 141 Å². The SMILES string of the molecule is C[C@@H]1CC(=O)N(CCOCCOCCN2C(=O)C[C@H](C)C2=O)C1=O. The summed E-state index contributed by atoms with van der Waals surface area (Å²) in [6.07, 6.45) is 0.545. The summed E-state index contributed by atoms with van der Waals surface area (Å²) in [5, 5.41) is 0. The Balaban J connectivity index is 1.50. The Morgan fingerprint density at radius 2 is 1.12 bits per heavy atom. The summed E-state index contributed by atoms with van der Waals surface area (Å²) >= 11 is 0. The zero-order chi connectivity index (χ0) is 17.7. The summed E-state index contributed by atoms with van der Waals surface area (Å²) in [5.74, 6) is -1.06. The van der Waals surface area contributed by atoms with Crippen LogP contribution in [-0.2, 0) is 28.7 Å². The van der Waals surface area contributed by atoms with Crippen molar-refractivity contribution in [1.82, 2.24) is 9.80 Å². The van der Waals surface area contributed by atoms with E-state index in [9.17, 15) is 19.2 Å². The molecule has 8 heteroatoms. The van der Waals surface area contributed by atoms with Crippen molar-refractivity contribution < 1.29 is 28.7 Å². The molecule has 0 saturated carbocycles. The molecule has 24 heavy (non-hydrogen) atoms. The molecular formula is C16H24N2O6. The molecular weight excluding hydrogens is 316 g/mol. The third-order valence-corrected chi connectivity index (χ3v) is 4.23. The van der Waals surface area contributed by atoms with Gasteiger partial charge >= 0.3 is 0 Å². The molecule has 0 spiro atoms. The molecule has 2 aliphatic rings. The van der Waals surface area contributed by atoms with E-state index >= 15 is 0 Å². The first-order chi connectivity index (χ1) is 11.4. The Morgan fingerprint density at radius 3 is 1.42 bits per heavy atom. The Hall–Kier alpha value is -1.80. The maximum Gasteiger partial charge on any atom is 0.232 e. The molecule has 2 rings (SSSR count). The molecule has 8 nitrogen and oxygen atoms in total. The minimum Gasteiger partial charge on any atom is -0.377 e. The molecule has 0 N–H and O–H groups in total. The normalized spacial score (nSPS) is 24.6. The maximum absolute atomic E-state index is 11.7. The van der Waals surface area contributed by atoms with Crippen LogP contribution >= 0.6 is 0 Å². The second kappa shape index (κ2) is 8.34. The number of hydrogen-bond donors (Lipinski definition) is 0. The molecule has 2 saturated heterocycles. The summed E-state index contributed by atoms with van der Waals surface area (Å²) in [7, 11) is 0. The van der Waals surface area contributed by atoms with Gasteiger partial charge in [-0.2, -0.15) is 0 Å². The molecule has 0 aliphatic carbocycles. The zero-order valence-corrected chi connectivity index (χ0v) is 14.2. The number of imide groups is 2. The average molecular weight is 340 g/mol. The minimum absolute atomic E-state index is 0.144. The molecule has 2 aliphatic heterocycles. The highest BCUT2D eigenvalue weighted by atomic mass is 16.5. The number of nitrogens with zero attached hydrogens (tertiary/aromatic N) is 2. The highest BCUT2D eigenvalue weighted by molar-refractivity contribution is 6.03. The van der Waals surface area contributed by atoms with Gasteiger partial charge in [0.05, 0.1) is 39.5 Å². The molecule has 2 fully saturated rings. The standard InChI is InChI=1S/C16H24N2O6/c1-11-9-13(19)17(15(11)21)3-5-23-7-8-24-6-4-18-14(20)10-12(2)16(18)22/h11-12H,3-10H2,1-2H3/t11-,12+. The topological polar surface area (TPSA) is 93.2 Å². The van der Waals surface area contributed by atoms with E-state index in [1.807, 2.05) is 0 Å². The highest BCUT2D eigenvalue weighted by Gasteiger charge is 2.35. The third-order valence-electron chi connectivity index (χ3n) is 4.23. The van der Waals surface area contributed by atoms with Crippen molar-refractivity contribution in [1.29, 1.82) is 0 Å². The lowest BCUT2D eigenvalue weighted by atomic mass is 10.1. The first-order valence-corrected chi connectivity index (χ1v) is 8.25. The lowest BCUT2D eigenvalue weighted by Gasteiger charge is -2.15. The summed E-state index contributed by atoms with van der Waals surface area (Å²) in [5.41, 5.74) is 0. The first-order valence-electron chi connectivity index (χ1n) is 8.25. The average Bonchev–Trinajstić information content (AvgIpc) is 2.91. The van der Waals surface area contributed by atoms with E-state index in [-0.39, 0.29) is 74.6 Å². The van der Waals surface area contributed by atoms with E-state index in [0.717, 1.165) is 0 Å². The summed E-state index contributed by atoms with van der Waals surface area (Å²) in [6, 6.07) is 0. The van der Waals surface area contributed by atoms with E-state index in [4.69, 9.17) is 9.47 Å². The molecule has 2 heterocycles. The molecule has 0 radical (unpaired) electrons. The largest absolute Gasteiger partial charge is 0.377 e. The van der Waals surface area contributed by atoms with Crippen LogP contribution in [0.2, 0.25) is 0 Å². The highest BCUT2D eigenvalue weighted by Crippen LogP contribution is 2.18. The Kier molecular flexibility index (Phi) is 6.44. The van der Waals surface area contributed by atoms with Crippen molar-refractivity contribution in [3.63, 3.8) is 0 Å². The van der Waals surface area contributed by atoms with Crippen LogP contribution in [0.15, 0.2) is 0 Å². The van der Waals surface area contributed by atoms with E-state index in [1.54, 1.807) is 13.8 Å². The van der Waals surface area contributed by atoms with E-state index in [1.165, 1.54) is 9.80 Å². The van der Waals surface area contributed by atoms with Crippen molar-refractivity contribution >= 4 is 23.6 Å². The van der Waals surface area contributed by atoms with Crippen molar-refractivity contribution in [3.8, 4) is 0 Å². The van der Waals surface area contributed by atoms with Gasteiger partial charge in [-0.15, -0.1) is 0 Å². The Bertz CT molecular complexity index is 475. The molecule has 0 aromatic rings. The number of ether oxygens (including phenoxy) is 2. The summed E-state index contributed by atoms with van der Waals surface area (Å²) < 4.78 is 10.7. The zero-order valence-electron chi connectivity index (χ0n) is 14.2. The van der Waals surface area contributed by atoms with Crippen LogP contribution in [0, 0.1) is 11.8 Å². The number of carbonyl (C=O) groups is 4. The number of hydrogen-bond acceptors (Lipinski definition) is 6. The van der Waals surface area contributed by atoms with Gasteiger partial charge in [-0.3, -0.25) is 29.0 Å². The van der Waals surface area contributed by atoms with Gasteiger partial charge in [0.1, 0.15) is 0 Å². The number of rotatable bonds is 9. The number of likely N-dealkylation sites (tertiary alicyclic amines) is 2. The van der Waals surface area contributed by atoms with Gasteiger partial charge in [0, 0.05) is 24.7 Å². The summed E-state index contributed by atoms with van der Waals surface area (Å²) in [6.45, 7) is 5.20. The van der Waals surface area contributed by atoms with E-state index < -0.39 is 0 Å². The fourth-order valence-electron chi connectivity index (χ4n) is 2.80. The van der Waals surface area contributed by atoms with Crippen molar-refractivity contribution in [2.45, 2.75) is 26.7 Å². The minimum atomic E-state index is -0.237. The monoisotopic (exact) mass is 340 g/mol. The number of carbonyl (C=O) groups excluding carboxylic acids is 4. The molecule has 134 valence electrons. The van der Waals surface area contributed by atoms with Crippen LogP contribution in [0.5, 0.6) is 0 Å². The van der Waals surface area contributed by atoms with Crippen molar-refractivity contribution in [3.05, 3.63) is 0 Å². The van der Waals surface area contributed by atoms with Gasteiger partial charge in [-0.05, 0) is 0 Å². The molecule has 0 aromatic carbocycles. The van der Waals surface area contributed by atoms with Gasteiger partial charge in [0.25, 0.3) is 0 Å². The van der Waals surface area contributed by atoms with Crippen LogP contribution in [-0.4, -0.2) is 72.9 Å². The van der Waals surface area contributed by atoms with Crippen molar-refractivity contribution in [2.24, 2.45) is 11.8 Å². The van der Waals surface area contributed by atoms with Crippen LogP contribution < -0.4 is 0 Å². The predicted molar refractivity (Wildman–Crippen MR) is 82.6 cm³/mol. The Morgan fingerprint density at radius 1 is 0.750 bits per heavy atom. The van der Waals surface area contributed by atoms with Gasteiger partial charge in [0.2, 0.25) is 23.6 Å². The molecule has 0 aromatic heterocycles. The van der Waals surface area contributed by atoms with Crippen LogP contribution in [0.3, 0.4) is 0 Å². The van der Waals surface area contributed by atoms with Gasteiger partial charge in [0.15, 0.2) is 0 Å². The molecule has 0 unspecified atom stereocenters. The van der Waals surface area contributed by atoms with E-state index in [0.29, 0.717) is 13.2 Å². The van der Waals surface area contributed by atoms with Gasteiger partial charge in [-0.1, -0.05) is 13.8 Å². The third kappa shape index (κ3) is 4.39. The fraction of sp³-hybridized carbons (Fsp3) is 0.750. The van der Waals surface area contributed by atoms with Crippen molar-refractivity contribution in [2.75, 3.05) is 39.5 Å². The first kappa shape index (κ1) is 18.5. The fourth-order valence-corrected chi connectivity index (χ4v) is 2.80. The quantitative estimate of drug-likeness (QED) is 0.427. The van der Waals surface area contributed by atoms with Crippen LogP contribution in [0.1, 0.15) is 26.7 Å². The second-order valence-electron chi connectivity index (χ2n) is 6.20. The van der Waals surface area contributed by atoms with Gasteiger partial charge < -0.3 is 9.47 Å².